The second-order valence-corrected chi connectivity index (χ2v) is 3.17. The SMILES string of the molecule is CCOC(=O)/C(=N\OC)c1nc(N)cc(Cl)n1. The molecule has 7 nitrogen and oxygen atoms in total. The van der Waals surface area contributed by atoms with Crippen LogP contribution in [0.4, 0.5) is 5.82 Å². The Balaban J connectivity index is 3.14. The molecule has 0 bridgehead atoms. The fourth-order valence-electron chi connectivity index (χ4n) is 1.00. The zero-order chi connectivity index (χ0) is 12.8. The van der Waals surface area contributed by atoms with Gasteiger partial charge in [-0.25, -0.2) is 14.8 Å². The molecule has 17 heavy (non-hydrogen) atoms. The van der Waals surface area contributed by atoms with E-state index in [2.05, 4.69) is 20.0 Å². The van der Waals surface area contributed by atoms with Gasteiger partial charge in [0.1, 0.15) is 18.1 Å². The molecule has 8 heteroatoms. The van der Waals surface area contributed by atoms with E-state index >= 15 is 0 Å². The number of carbonyl (C=O) groups excluding carboxylic acids is 1. The lowest BCUT2D eigenvalue weighted by atomic mass is 10.3. The minimum Gasteiger partial charge on any atom is -0.461 e. The molecule has 0 radical (unpaired) electrons. The van der Waals surface area contributed by atoms with Crippen molar-refractivity contribution >= 4 is 29.1 Å². The van der Waals surface area contributed by atoms with Crippen LogP contribution < -0.4 is 5.73 Å². The number of nitrogens with two attached hydrogens (primary N) is 1. The van der Waals surface area contributed by atoms with Gasteiger partial charge in [-0.05, 0) is 6.92 Å². The van der Waals surface area contributed by atoms with Gasteiger partial charge in [0.25, 0.3) is 0 Å². The van der Waals surface area contributed by atoms with Crippen LogP contribution in [0.2, 0.25) is 5.15 Å². The highest BCUT2D eigenvalue weighted by molar-refractivity contribution is 6.42. The lowest BCUT2D eigenvalue weighted by Gasteiger charge is -2.04. The van der Waals surface area contributed by atoms with Gasteiger partial charge in [-0.1, -0.05) is 16.8 Å². The molecule has 1 rings (SSSR count). The van der Waals surface area contributed by atoms with Crippen LogP contribution in [0, 0.1) is 0 Å². The summed E-state index contributed by atoms with van der Waals surface area (Å²) < 4.78 is 4.78. The maximum absolute atomic E-state index is 11.6. The average Bonchev–Trinajstić information content (AvgIpc) is 2.24. The largest absolute Gasteiger partial charge is 0.461 e. The van der Waals surface area contributed by atoms with E-state index in [1.165, 1.54) is 13.2 Å². The van der Waals surface area contributed by atoms with E-state index in [9.17, 15) is 4.79 Å². The van der Waals surface area contributed by atoms with Crippen LogP contribution in [-0.4, -0.2) is 35.4 Å². The van der Waals surface area contributed by atoms with Crippen molar-refractivity contribution in [3.63, 3.8) is 0 Å². The van der Waals surface area contributed by atoms with E-state index in [1.807, 2.05) is 0 Å². The van der Waals surface area contributed by atoms with E-state index in [0.717, 1.165) is 0 Å². The number of esters is 1. The highest BCUT2D eigenvalue weighted by atomic mass is 35.5. The molecule has 0 saturated carbocycles. The smallest absolute Gasteiger partial charge is 0.364 e. The predicted molar refractivity (Wildman–Crippen MR) is 61.6 cm³/mol. The summed E-state index contributed by atoms with van der Waals surface area (Å²) in [4.78, 5) is 23.7. The summed E-state index contributed by atoms with van der Waals surface area (Å²) in [5.74, 6) is -0.639. The monoisotopic (exact) mass is 258 g/mol. The third kappa shape index (κ3) is 3.56. The van der Waals surface area contributed by atoms with Gasteiger partial charge < -0.3 is 15.3 Å². The molecule has 0 aliphatic carbocycles. The number of halogens is 1. The first-order chi connectivity index (χ1) is 8.08. The van der Waals surface area contributed by atoms with Gasteiger partial charge in [-0.15, -0.1) is 0 Å². The molecular weight excluding hydrogens is 248 g/mol. The lowest BCUT2D eigenvalue weighted by Crippen LogP contribution is -2.22. The summed E-state index contributed by atoms with van der Waals surface area (Å²) in [7, 11) is 1.28. The first-order valence-corrected chi connectivity index (χ1v) is 5.05. The van der Waals surface area contributed by atoms with Gasteiger partial charge in [0.15, 0.2) is 5.82 Å². The van der Waals surface area contributed by atoms with Gasteiger partial charge in [-0.2, -0.15) is 0 Å². The molecule has 0 aromatic carbocycles. The minimum absolute atomic E-state index is 0.0460. The van der Waals surface area contributed by atoms with Crippen molar-refractivity contribution in [2.24, 2.45) is 5.16 Å². The van der Waals surface area contributed by atoms with Crippen molar-refractivity contribution in [1.82, 2.24) is 9.97 Å². The molecule has 0 aliphatic rings. The summed E-state index contributed by atoms with van der Waals surface area (Å²) in [5.41, 5.74) is 5.29. The van der Waals surface area contributed by atoms with E-state index in [-0.39, 0.29) is 29.1 Å². The van der Waals surface area contributed by atoms with Crippen molar-refractivity contribution in [3.8, 4) is 0 Å². The molecule has 1 aromatic heterocycles. The van der Waals surface area contributed by atoms with Gasteiger partial charge in [0.2, 0.25) is 5.71 Å². The Labute approximate surface area is 103 Å². The topological polar surface area (TPSA) is 99.7 Å². The lowest BCUT2D eigenvalue weighted by molar-refractivity contribution is -0.135. The zero-order valence-corrected chi connectivity index (χ0v) is 10.1. The summed E-state index contributed by atoms with van der Waals surface area (Å²) in [6, 6.07) is 1.35. The van der Waals surface area contributed by atoms with Crippen molar-refractivity contribution in [3.05, 3.63) is 17.0 Å². The van der Waals surface area contributed by atoms with E-state index in [0.29, 0.717) is 0 Å². The normalized spacial score (nSPS) is 11.1. The van der Waals surface area contributed by atoms with Crippen molar-refractivity contribution < 1.29 is 14.4 Å². The summed E-state index contributed by atoms with van der Waals surface area (Å²) in [6.07, 6.45) is 0. The fraction of sp³-hybridized carbons (Fsp3) is 0.333. The standard InChI is InChI=1S/C9H11ClN4O3/c1-3-17-9(15)7(14-16-2)8-12-5(10)4-6(11)13-8/h4H,3H2,1-2H3,(H2,11,12,13)/b14-7-. The van der Waals surface area contributed by atoms with Gasteiger partial charge in [0.05, 0.1) is 6.61 Å². The fourth-order valence-corrected chi connectivity index (χ4v) is 1.19. The second-order valence-electron chi connectivity index (χ2n) is 2.78. The Kier molecular flexibility index (Phi) is 4.65. The van der Waals surface area contributed by atoms with Crippen LogP contribution in [0.3, 0.4) is 0 Å². The van der Waals surface area contributed by atoms with E-state index in [4.69, 9.17) is 22.1 Å². The van der Waals surface area contributed by atoms with Gasteiger partial charge in [0, 0.05) is 6.07 Å². The molecule has 0 aliphatic heterocycles. The molecule has 1 heterocycles. The van der Waals surface area contributed by atoms with Crippen LogP contribution >= 0.6 is 11.6 Å². The molecule has 92 valence electrons. The quantitative estimate of drug-likeness (QED) is 0.368. The third-order valence-electron chi connectivity index (χ3n) is 1.58. The molecular formula is C9H11ClN4O3. The van der Waals surface area contributed by atoms with Crippen molar-refractivity contribution in [2.75, 3.05) is 19.5 Å². The molecule has 0 atom stereocenters. The first kappa shape index (κ1) is 13.2. The predicted octanol–water partition coefficient (Wildman–Crippen LogP) is 0.626. The van der Waals surface area contributed by atoms with Gasteiger partial charge >= 0.3 is 5.97 Å². The number of hydrogen-bond acceptors (Lipinski definition) is 7. The maximum Gasteiger partial charge on any atom is 0.364 e. The minimum atomic E-state index is -0.712. The van der Waals surface area contributed by atoms with Crippen LogP contribution in [0.15, 0.2) is 11.2 Å². The highest BCUT2D eigenvalue weighted by Gasteiger charge is 2.20. The Hall–Kier alpha value is -1.89. The maximum atomic E-state index is 11.6. The number of oxime groups is 1. The second kappa shape index (κ2) is 6.00. The van der Waals surface area contributed by atoms with Crippen molar-refractivity contribution in [1.29, 1.82) is 0 Å². The highest BCUT2D eigenvalue weighted by Crippen LogP contribution is 2.10. The molecule has 0 amide bonds. The number of aromatic nitrogens is 2. The number of nitrogens with zero attached hydrogens (tertiary/aromatic N) is 3. The molecule has 0 unspecified atom stereocenters. The average molecular weight is 259 g/mol. The third-order valence-corrected chi connectivity index (χ3v) is 1.77. The van der Waals surface area contributed by atoms with Crippen LogP contribution in [0.5, 0.6) is 0 Å². The van der Waals surface area contributed by atoms with Crippen LogP contribution in [-0.2, 0) is 14.4 Å². The van der Waals surface area contributed by atoms with E-state index < -0.39 is 5.97 Å². The van der Waals surface area contributed by atoms with Crippen molar-refractivity contribution in [2.45, 2.75) is 6.92 Å². The number of nitrogen functional groups attached to an aromatic ring is 1. The Morgan fingerprint density at radius 2 is 2.29 bits per heavy atom. The molecule has 0 spiro atoms. The Morgan fingerprint density at radius 3 is 2.82 bits per heavy atom. The van der Waals surface area contributed by atoms with Crippen LogP contribution in [0.1, 0.15) is 12.7 Å². The molecule has 0 fully saturated rings. The number of carbonyl (C=O) groups is 1. The molecule has 2 N–H and O–H groups in total. The summed E-state index contributed by atoms with van der Waals surface area (Å²) >= 11 is 5.70. The molecule has 0 saturated heterocycles. The van der Waals surface area contributed by atoms with E-state index in [1.54, 1.807) is 6.92 Å². The van der Waals surface area contributed by atoms with Crippen LogP contribution in [0.25, 0.3) is 0 Å². The Bertz CT molecular complexity index is 430. The number of rotatable bonds is 4. The number of anilines is 1. The number of hydrogen-bond donors (Lipinski definition) is 1. The summed E-state index contributed by atoms with van der Waals surface area (Å²) in [5, 5.41) is 3.60. The first-order valence-electron chi connectivity index (χ1n) is 4.67. The molecule has 1 aromatic rings. The number of ether oxygens (including phenoxy) is 1. The summed E-state index contributed by atoms with van der Waals surface area (Å²) in [6.45, 7) is 1.85. The zero-order valence-electron chi connectivity index (χ0n) is 9.31. The Morgan fingerprint density at radius 1 is 1.59 bits per heavy atom. The van der Waals surface area contributed by atoms with Gasteiger partial charge in [-0.3, -0.25) is 0 Å².